The molecule has 0 radical (unpaired) electrons. The van der Waals surface area contributed by atoms with Gasteiger partial charge in [-0.2, -0.15) is 0 Å². The molecular weight excluding hydrogens is 240 g/mol. The first-order chi connectivity index (χ1) is 7.84. The molecule has 0 aliphatic rings. The standard InChI is InChI=1S/C11H16N2O3S/c1-11(2,3)10-13-7(5-17-10)4-8(9(15)16)12-6-14/h5-6,8H,4H2,1-3H3,(H,12,14)(H,15,16). The minimum absolute atomic E-state index is 0.0419. The molecule has 0 saturated heterocycles. The van der Waals surface area contributed by atoms with Crippen molar-refractivity contribution in [2.45, 2.75) is 38.6 Å². The van der Waals surface area contributed by atoms with Gasteiger partial charge in [0.25, 0.3) is 0 Å². The maximum Gasteiger partial charge on any atom is 0.326 e. The Hall–Kier alpha value is -1.43. The van der Waals surface area contributed by atoms with Gasteiger partial charge in [-0.3, -0.25) is 4.79 Å². The minimum Gasteiger partial charge on any atom is -0.480 e. The lowest BCUT2D eigenvalue weighted by molar-refractivity contribution is -0.140. The number of thiazole rings is 1. The third-order valence-electron chi connectivity index (χ3n) is 2.17. The minimum atomic E-state index is -1.05. The van der Waals surface area contributed by atoms with Gasteiger partial charge in [0, 0.05) is 17.2 Å². The van der Waals surface area contributed by atoms with Gasteiger partial charge in [0.2, 0.25) is 6.41 Å². The van der Waals surface area contributed by atoms with Crippen molar-refractivity contribution in [3.8, 4) is 0 Å². The molecule has 1 atom stereocenters. The Morgan fingerprint density at radius 3 is 2.71 bits per heavy atom. The summed E-state index contributed by atoms with van der Waals surface area (Å²) in [7, 11) is 0. The molecule has 1 amide bonds. The number of nitrogens with zero attached hydrogens (tertiary/aromatic N) is 1. The van der Waals surface area contributed by atoms with Crippen LogP contribution in [-0.4, -0.2) is 28.5 Å². The van der Waals surface area contributed by atoms with Crippen molar-refractivity contribution in [3.05, 3.63) is 16.1 Å². The van der Waals surface area contributed by atoms with Gasteiger partial charge >= 0.3 is 5.97 Å². The Labute approximate surface area is 104 Å². The molecule has 0 aliphatic heterocycles. The van der Waals surface area contributed by atoms with Crippen LogP contribution in [0.3, 0.4) is 0 Å². The van der Waals surface area contributed by atoms with Crippen molar-refractivity contribution in [3.63, 3.8) is 0 Å². The zero-order chi connectivity index (χ0) is 13.1. The molecule has 17 heavy (non-hydrogen) atoms. The van der Waals surface area contributed by atoms with E-state index in [9.17, 15) is 9.59 Å². The Morgan fingerprint density at radius 1 is 1.65 bits per heavy atom. The second kappa shape index (κ2) is 5.27. The van der Waals surface area contributed by atoms with Crippen molar-refractivity contribution in [1.82, 2.24) is 10.3 Å². The Morgan fingerprint density at radius 2 is 2.29 bits per heavy atom. The molecule has 0 bridgehead atoms. The predicted molar refractivity (Wildman–Crippen MR) is 65.1 cm³/mol. The zero-order valence-corrected chi connectivity index (χ0v) is 10.9. The maximum absolute atomic E-state index is 10.9. The van der Waals surface area contributed by atoms with Crippen LogP contribution in [0.1, 0.15) is 31.5 Å². The molecule has 1 aromatic rings. The summed E-state index contributed by atoms with van der Waals surface area (Å²) in [5.74, 6) is -1.05. The molecule has 0 saturated carbocycles. The summed E-state index contributed by atoms with van der Waals surface area (Å²) in [5.41, 5.74) is 0.654. The van der Waals surface area contributed by atoms with E-state index in [4.69, 9.17) is 5.11 Å². The highest BCUT2D eigenvalue weighted by Gasteiger charge is 2.21. The number of hydrogen-bond acceptors (Lipinski definition) is 4. The fraction of sp³-hybridized carbons (Fsp3) is 0.545. The lowest BCUT2D eigenvalue weighted by atomic mass is 9.98. The average molecular weight is 256 g/mol. The molecule has 1 aromatic heterocycles. The number of rotatable bonds is 5. The van der Waals surface area contributed by atoms with Crippen molar-refractivity contribution >= 4 is 23.7 Å². The fourth-order valence-corrected chi connectivity index (χ4v) is 2.17. The van der Waals surface area contributed by atoms with E-state index in [1.165, 1.54) is 11.3 Å². The normalized spacial score (nSPS) is 13.1. The van der Waals surface area contributed by atoms with Gasteiger partial charge in [0.05, 0.1) is 10.7 Å². The third-order valence-corrected chi connectivity index (χ3v) is 3.49. The molecule has 0 aliphatic carbocycles. The number of carbonyl (C=O) groups excluding carboxylic acids is 1. The molecule has 2 N–H and O–H groups in total. The van der Waals surface area contributed by atoms with Crippen molar-refractivity contribution in [2.24, 2.45) is 0 Å². The predicted octanol–water partition coefficient (Wildman–Crippen LogP) is 1.18. The first-order valence-corrected chi connectivity index (χ1v) is 6.10. The molecule has 1 unspecified atom stereocenters. The number of aliphatic carboxylic acids is 1. The number of hydrogen-bond donors (Lipinski definition) is 2. The number of carboxylic acids is 1. The summed E-state index contributed by atoms with van der Waals surface area (Å²) in [6.45, 7) is 6.15. The van der Waals surface area contributed by atoms with Crippen LogP contribution in [0.15, 0.2) is 5.38 Å². The molecule has 5 nitrogen and oxygen atoms in total. The zero-order valence-electron chi connectivity index (χ0n) is 10.1. The topological polar surface area (TPSA) is 79.3 Å². The van der Waals surface area contributed by atoms with Gasteiger partial charge in [-0.1, -0.05) is 20.8 Å². The van der Waals surface area contributed by atoms with E-state index < -0.39 is 12.0 Å². The highest BCUT2D eigenvalue weighted by Crippen LogP contribution is 2.25. The quantitative estimate of drug-likeness (QED) is 0.775. The number of amides is 1. The number of carbonyl (C=O) groups is 2. The Kier molecular flexibility index (Phi) is 4.22. The van der Waals surface area contributed by atoms with Crippen LogP contribution in [0.5, 0.6) is 0 Å². The van der Waals surface area contributed by atoms with Gasteiger partial charge in [0.1, 0.15) is 6.04 Å². The van der Waals surface area contributed by atoms with Crippen molar-refractivity contribution in [1.29, 1.82) is 0 Å². The summed E-state index contributed by atoms with van der Waals surface area (Å²) in [5, 5.41) is 13.9. The van der Waals surface area contributed by atoms with Crippen LogP contribution < -0.4 is 5.32 Å². The van der Waals surface area contributed by atoms with E-state index in [2.05, 4.69) is 10.3 Å². The molecule has 0 aromatic carbocycles. The summed E-state index contributed by atoms with van der Waals surface area (Å²) in [6, 6.07) is -0.914. The van der Waals surface area contributed by atoms with Gasteiger partial charge in [-0.15, -0.1) is 11.3 Å². The summed E-state index contributed by atoms with van der Waals surface area (Å²) < 4.78 is 0. The van der Waals surface area contributed by atoms with E-state index in [-0.39, 0.29) is 11.8 Å². The summed E-state index contributed by atoms with van der Waals surface area (Å²) in [6.07, 6.45) is 0.608. The van der Waals surface area contributed by atoms with Crippen molar-refractivity contribution in [2.75, 3.05) is 0 Å². The van der Waals surface area contributed by atoms with Crippen LogP contribution >= 0.6 is 11.3 Å². The summed E-state index contributed by atoms with van der Waals surface area (Å²) >= 11 is 1.51. The van der Waals surface area contributed by atoms with Crippen LogP contribution in [0.2, 0.25) is 0 Å². The smallest absolute Gasteiger partial charge is 0.326 e. The Bertz CT molecular complexity index is 409. The third kappa shape index (κ3) is 3.81. The molecule has 94 valence electrons. The number of carboxylic acid groups (broad SMARTS) is 1. The first kappa shape index (κ1) is 13.6. The van der Waals surface area contributed by atoms with E-state index in [1.54, 1.807) is 0 Å². The van der Waals surface area contributed by atoms with Crippen LogP contribution in [0.25, 0.3) is 0 Å². The highest BCUT2D eigenvalue weighted by atomic mass is 32.1. The van der Waals surface area contributed by atoms with Crippen molar-refractivity contribution < 1.29 is 14.7 Å². The monoisotopic (exact) mass is 256 g/mol. The van der Waals surface area contributed by atoms with Gasteiger partial charge in [-0.05, 0) is 0 Å². The number of aromatic nitrogens is 1. The Balaban J connectivity index is 2.77. The largest absolute Gasteiger partial charge is 0.480 e. The second-order valence-electron chi connectivity index (χ2n) is 4.77. The van der Waals surface area contributed by atoms with E-state index in [0.29, 0.717) is 12.1 Å². The molecule has 0 fully saturated rings. The van der Waals surface area contributed by atoms with Gasteiger partial charge in [-0.25, -0.2) is 9.78 Å². The lowest BCUT2D eigenvalue weighted by Gasteiger charge is -2.14. The fourth-order valence-electron chi connectivity index (χ4n) is 1.25. The first-order valence-electron chi connectivity index (χ1n) is 5.22. The summed E-state index contributed by atoms with van der Waals surface area (Å²) in [4.78, 5) is 25.5. The number of nitrogens with one attached hydrogen (secondary N) is 1. The van der Waals surface area contributed by atoms with Crippen LogP contribution in [0, 0.1) is 0 Å². The lowest BCUT2D eigenvalue weighted by Crippen LogP contribution is -2.37. The average Bonchev–Trinajstić information content (AvgIpc) is 2.64. The van der Waals surface area contributed by atoms with Crippen LogP contribution in [0.4, 0.5) is 0 Å². The molecule has 6 heteroatoms. The maximum atomic E-state index is 10.9. The molecular formula is C11H16N2O3S. The van der Waals surface area contributed by atoms with Crippen LogP contribution in [-0.2, 0) is 21.4 Å². The molecule has 1 heterocycles. The molecule has 0 spiro atoms. The van der Waals surface area contributed by atoms with E-state index in [0.717, 1.165) is 5.01 Å². The molecule has 1 rings (SSSR count). The van der Waals surface area contributed by atoms with E-state index in [1.807, 2.05) is 26.2 Å². The SMILES string of the molecule is CC(C)(C)c1nc(CC(NC=O)C(=O)O)cs1. The van der Waals surface area contributed by atoms with Gasteiger partial charge in [0.15, 0.2) is 0 Å². The second-order valence-corrected chi connectivity index (χ2v) is 5.63. The highest BCUT2D eigenvalue weighted by molar-refractivity contribution is 7.09. The van der Waals surface area contributed by atoms with E-state index >= 15 is 0 Å². The van der Waals surface area contributed by atoms with Gasteiger partial charge < -0.3 is 10.4 Å².